The molecule has 2 aromatic rings. The van der Waals surface area contributed by atoms with E-state index in [0.717, 1.165) is 5.39 Å². The Hall–Kier alpha value is -2.84. The van der Waals surface area contributed by atoms with Crippen LogP contribution in [0.15, 0.2) is 18.3 Å². The normalized spacial score (nSPS) is 19.9. The summed E-state index contributed by atoms with van der Waals surface area (Å²) in [5, 5.41) is 20.1. The first kappa shape index (κ1) is 21.9. The Morgan fingerprint density at radius 1 is 1.23 bits per heavy atom. The molecule has 164 valence electrons. The number of hydrogen-bond acceptors (Lipinski definition) is 6. The van der Waals surface area contributed by atoms with Crippen LogP contribution >= 0.6 is 0 Å². The van der Waals surface area contributed by atoms with Crippen LogP contribution in [0.5, 0.6) is 0 Å². The lowest BCUT2D eigenvalue weighted by molar-refractivity contribution is -0.384. The van der Waals surface area contributed by atoms with E-state index in [-0.39, 0.29) is 28.1 Å². The summed E-state index contributed by atoms with van der Waals surface area (Å²) >= 11 is 0. The second kappa shape index (κ2) is 7.45. The highest BCUT2D eigenvalue weighted by Crippen LogP contribution is 2.39. The van der Waals surface area contributed by atoms with Crippen molar-refractivity contribution in [2.75, 3.05) is 18.0 Å². The standard InChI is InChI=1S/C21H31N5O4/c1-13-10-24(12-16(13)22-19(27)30-21(5,6)7)18-14-11-25(20(2,3)4)23-15(14)8-9-17(18)26(28)29/h8-9,11,13,16H,10,12H2,1-7H3,(H,22,27)/t13-,16+/m1/s1. The average molecular weight is 418 g/mol. The molecule has 3 rings (SSSR count). The minimum atomic E-state index is -0.586. The number of rotatable bonds is 3. The van der Waals surface area contributed by atoms with Gasteiger partial charge in [-0.05, 0) is 53.5 Å². The molecule has 1 aliphatic heterocycles. The van der Waals surface area contributed by atoms with E-state index >= 15 is 0 Å². The third kappa shape index (κ3) is 4.49. The quantitative estimate of drug-likeness (QED) is 0.597. The van der Waals surface area contributed by atoms with Crippen LogP contribution in [0.4, 0.5) is 16.2 Å². The lowest BCUT2D eigenvalue weighted by Crippen LogP contribution is -2.42. The highest BCUT2D eigenvalue weighted by Gasteiger charge is 2.36. The van der Waals surface area contributed by atoms with Crippen LogP contribution in [0.2, 0.25) is 0 Å². The van der Waals surface area contributed by atoms with Crippen molar-refractivity contribution in [3.8, 4) is 0 Å². The van der Waals surface area contributed by atoms with Gasteiger partial charge in [0, 0.05) is 25.4 Å². The fourth-order valence-electron chi connectivity index (χ4n) is 3.69. The van der Waals surface area contributed by atoms with E-state index in [4.69, 9.17) is 4.74 Å². The zero-order chi connectivity index (χ0) is 22.4. The summed E-state index contributed by atoms with van der Waals surface area (Å²) in [5.74, 6) is 0.102. The number of nitrogens with zero attached hydrogens (tertiary/aromatic N) is 4. The summed E-state index contributed by atoms with van der Waals surface area (Å²) in [7, 11) is 0. The maximum atomic E-state index is 12.2. The third-order valence-electron chi connectivity index (χ3n) is 5.15. The summed E-state index contributed by atoms with van der Waals surface area (Å²) < 4.78 is 7.21. The molecule has 1 saturated heterocycles. The van der Waals surface area contributed by atoms with E-state index in [9.17, 15) is 14.9 Å². The van der Waals surface area contributed by atoms with Crippen molar-refractivity contribution in [1.29, 1.82) is 0 Å². The average Bonchev–Trinajstić information content (AvgIpc) is 3.15. The number of aromatic nitrogens is 2. The number of nitro benzene ring substituents is 1. The summed E-state index contributed by atoms with van der Waals surface area (Å²) in [6.45, 7) is 14.6. The van der Waals surface area contributed by atoms with Gasteiger partial charge >= 0.3 is 6.09 Å². The molecule has 0 spiro atoms. The molecular weight excluding hydrogens is 386 g/mol. The Balaban J connectivity index is 1.95. The molecule has 30 heavy (non-hydrogen) atoms. The second-order valence-corrected chi connectivity index (χ2v) is 10.0. The molecule has 1 amide bonds. The molecule has 0 saturated carbocycles. The first-order chi connectivity index (χ1) is 13.8. The molecule has 1 N–H and O–H groups in total. The number of ether oxygens (including phenoxy) is 1. The van der Waals surface area contributed by atoms with E-state index in [1.54, 1.807) is 6.07 Å². The predicted octanol–water partition coefficient (Wildman–Crippen LogP) is 4.05. The van der Waals surface area contributed by atoms with Crippen molar-refractivity contribution in [2.24, 2.45) is 5.92 Å². The van der Waals surface area contributed by atoms with Crippen LogP contribution in [0, 0.1) is 16.0 Å². The van der Waals surface area contributed by atoms with Gasteiger partial charge in [0.1, 0.15) is 11.3 Å². The van der Waals surface area contributed by atoms with Gasteiger partial charge in [0.2, 0.25) is 0 Å². The molecule has 1 aliphatic rings. The minimum Gasteiger partial charge on any atom is -0.444 e. The molecule has 9 nitrogen and oxygen atoms in total. The van der Waals surface area contributed by atoms with Crippen molar-refractivity contribution >= 4 is 28.4 Å². The SMILES string of the molecule is C[C@@H]1CN(c2c([N+](=O)[O-])ccc3nn(C(C)(C)C)cc23)C[C@@H]1NC(=O)OC(C)(C)C. The van der Waals surface area contributed by atoms with Gasteiger partial charge in [-0.3, -0.25) is 14.8 Å². The molecule has 2 heterocycles. The van der Waals surface area contributed by atoms with Crippen molar-refractivity contribution in [3.05, 3.63) is 28.4 Å². The van der Waals surface area contributed by atoms with Gasteiger partial charge in [0.05, 0.1) is 27.4 Å². The predicted molar refractivity (Wildman–Crippen MR) is 116 cm³/mol. The van der Waals surface area contributed by atoms with Crippen LogP contribution < -0.4 is 10.2 Å². The molecule has 2 atom stereocenters. The molecule has 0 unspecified atom stereocenters. The number of alkyl carbamates (subject to hydrolysis) is 1. The molecule has 1 aromatic carbocycles. The Bertz CT molecular complexity index is 970. The van der Waals surface area contributed by atoms with Crippen molar-refractivity contribution < 1.29 is 14.5 Å². The van der Waals surface area contributed by atoms with Gasteiger partial charge in [-0.2, -0.15) is 5.10 Å². The molecule has 0 bridgehead atoms. The fourth-order valence-corrected chi connectivity index (χ4v) is 3.69. The number of amides is 1. The highest BCUT2D eigenvalue weighted by atomic mass is 16.6. The number of carbonyl (C=O) groups is 1. The first-order valence-corrected chi connectivity index (χ1v) is 10.2. The van der Waals surface area contributed by atoms with E-state index in [0.29, 0.717) is 24.3 Å². The second-order valence-electron chi connectivity index (χ2n) is 10.0. The maximum Gasteiger partial charge on any atom is 0.407 e. The number of benzene rings is 1. The molecule has 1 aromatic heterocycles. The Labute approximate surface area is 176 Å². The fraction of sp³-hybridized carbons (Fsp3) is 0.619. The van der Waals surface area contributed by atoms with E-state index in [2.05, 4.69) is 10.4 Å². The third-order valence-corrected chi connectivity index (χ3v) is 5.15. The number of nitro groups is 1. The summed E-state index contributed by atoms with van der Waals surface area (Å²) in [6.07, 6.45) is 1.39. The molecular formula is C21H31N5O4. The molecule has 0 radical (unpaired) electrons. The van der Waals surface area contributed by atoms with Crippen LogP contribution in [-0.4, -0.2) is 45.5 Å². The van der Waals surface area contributed by atoms with Gasteiger partial charge in [-0.25, -0.2) is 4.79 Å². The van der Waals surface area contributed by atoms with E-state index in [1.165, 1.54) is 6.07 Å². The number of carbonyl (C=O) groups excluding carboxylic acids is 1. The molecule has 9 heteroatoms. The lowest BCUT2D eigenvalue weighted by Gasteiger charge is -2.23. The van der Waals surface area contributed by atoms with Crippen molar-refractivity contribution in [2.45, 2.75) is 65.6 Å². The summed E-state index contributed by atoms with van der Waals surface area (Å²) in [4.78, 5) is 25.6. The van der Waals surface area contributed by atoms with E-state index in [1.807, 2.05) is 64.2 Å². The van der Waals surface area contributed by atoms with Gasteiger partial charge in [0.25, 0.3) is 5.69 Å². The van der Waals surface area contributed by atoms with Crippen LogP contribution in [-0.2, 0) is 10.3 Å². The summed E-state index contributed by atoms with van der Waals surface area (Å²) in [6, 6.07) is 3.03. The zero-order valence-electron chi connectivity index (χ0n) is 18.7. The zero-order valence-corrected chi connectivity index (χ0v) is 18.7. The van der Waals surface area contributed by atoms with Crippen molar-refractivity contribution in [1.82, 2.24) is 15.1 Å². The molecule has 1 fully saturated rings. The van der Waals surface area contributed by atoms with Crippen LogP contribution in [0.3, 0.4) is 0 Å². The van der Waals surface area contributed by atoms with Gasteiger partial charge in [-0.15, -0.1) is 0 Å². The first-order valence-electron chi connectivity index (χ1n) is 10.2. The molecule has 0 aliphatic carbocycles. The Kier molecular flexibility index (Phi) is 5.43. The summed E-state index contributed by atoms with van der Waals surface area (Å²) in [5.41, 5.74) is 0.470. The van der Waals surface area contributed by atoms with Crippen LogP contribution in [0.25, 0.3) is 10.9 Å². The van der Waals surface area contributed by atoms with Crippen molar-refractivity contribution in [3.63, 3.8) is 0 Å². The monoisotopic (exact) mass is 417 g/mol. The van der Waals surface area contributed by atoms with Crippen LogP contribution in [0.1, 0.15) is 48.5 Å². The smallest absolute Gasteiger partial charge is 0.407 e. The number of fused-ring (bicyclic) bond motifs is 1. The van der Waals surface area contributed by atoms with Gasteiger partial charge in [0.15, 0.2) is 0 Å². The topological polar surface area (TPSA) is 103 Å². The Morgan fingerprint density at radius 3 is 2.47 bits per heavy atom. The number of nitrogens with one attached hydrogen (secondary N) is 1. The van der Waals surface area contributed by atoms with Gasteiger partial charge in [-0.1, -0.05) is 6.92 Å². The highest BCUT2D eigenvalue weighted by molar-refractivity contribution is 5.97. The number of anilines is 1. The number of hydrogen-bond donors (Lipinski definition) is 1. The Morgan fingerprint density at radius 2 is 1.90 bits per heavy atom. The van der Waals surface area contributed by atoms with E-state index < -0.39 is 11.7 Å². The van der Waals surface area contributed by atoms with Gasteiger partial charge < -0.3 is 15.0 Å². The maximum absolute atomic E-state index is 12.2. The lowest BCUT2D eigenvalue weighted by atomic mass is 10.1. The largest absolute Gasteiger partial charge is 0.444 e. The minimum absolute atomic E-state index is 0.0427.